The topological polar surface area (TPSA) is 52.5 Å². The minimum atomic E-state index is -0.819. The van der Waals surface area contributed by atoms with E-state index in [1.54, 1.807) is 0 Å². The van der Waals surface area contributed by atoms with Crippen molar-refractivity contribution in [1.82, 2.24) is 5.32 Å². The summed E-state index contributed by atoms with van der Waals surface area (Å²) in [6.07, 6.45) is 2.74. The zero-order chi connectivity index (χ0) is 11.7. The molecule has 1 aliphatic heterocycles. The fourth-order valence-corrected chi connectivity index (χ4v) is 2.47. The number of halogens is 2. The lowest BCUT2D eigenvalue weighted by atomic mass is 10.0. The quantitative estimate of drug-likeness (QED) is 0.733. The van der Waals surface area contributed by atoms with Crippen LogP contribution in [0.3, 0.4) is 0 Å². The summed E-state index contributed by atoms with van der Waals surface area (Å²) in [6.45, 7) is 0.972. The van der Waals surface area contributed by atoms with Crippen LogP contribution in [0.4, 0.5) is 4.39 Å². The maximum atomic E-state index is 13.2. The second-order valence-electron chi connectivity index (χ2n) is 4.03. The molecule has 3 N–H and O–H groups in total. The van der Waals surface area contributed by atoms with Crippen LogP contribution in [0.2, 0.25) is 0 Å². The summed E-state index contributed by atoms with van der Waals surface area (Å²) in [7, 11) is 0. The van der Waals surface area contributed by atoms with Crippen LogP contribution in [0.15, 0.2) is 10.5 Å². The van der Waals surface area contributed by atoms with Crippen LogP contribution in [-0.2, 0) is 6.42 Å². The highest BCUT2D eigenvalue weighted by Gasteiger charge is 2.20. The van der Waals surface area contributed by atoms with Gasteiger partial charge in [0.25, 0.3) is 0 Å². The molecule has 5 heteroatoms. The number of hydrogen-bond donors (Lipinski definition) is 3. The number of aromatic hydroxyl groups is 2. The van der Waals surface area contributed by atoms with Crippen molar-refractivity contribution in [2.45, 2.75) is 25.3 Å². The fourth-order valence-electron chi connectivity index (χ4n) is 2.01. The molecule has 3 nitrogen and oxygen atoms in total. The summed E-state index contributed by atoms with van der Waals surface area (Å²) >= 11 is 3.01. The van der Waals surface area contributed by atoms with Gasteiger partial charge >= 0.3 is 0 Å². The van der Waals surface area contributed by atoms with E-state index in [-0.39, 0.29) is 10.2 Å². The first-order valence-electron chi connectivity index (χ1n) is 5.21. The van der Waals surface area contributed by atoms with Crippen LogP contribution in [0.1, 0.15) is 18.4 Å². The summed E-state index contributed by atoms with van der Waals surface area (Å²) in [5.74, 6) is -1.85. The predicted octanol–water partition coefficient (Wildman–Crippen LogP) is 2.29. The molecule has 1 aliphatic rings. The Morgan fingerprint density at radius 3 is 2.81 bits per heavy atom. The van der Waals surface area contributed by atoms with Gasteiger partial charge in [0.1, 0.15) is 0 Å². The van der Waals surface area contributed by atoms with Crippen LogP contribution in [-0.4, -0.2) is 22.8 Å². The number of phenolic OH excluding ortho intramolecular Hbond substituents is 2. The van der Waals surface area contributed by atoms with E-state index in [0.29, 0.717) is 18.0 Å². The third kappa shape index (κ3) is 2.15. The summed E-state index contributed by atoms with van der Waals surface area (Å²) < 4.78 is 13.4. The van der Waals surface area contributed by atoms with Crippen molar-refractivity contribution in [3.63, 3.8) is 0 Å². The first-order valence-corrected chi connectivity index (χ1v) is 6.01. The van der Waals surface area contributed by atoms with Gasteiger partial charge in [-0.1, -0.05) is 0 Å². The summed E-state index contributed by atoms with van der Waals surface area (Å²) in [5, 5.41) is 22.3. The Hall–Kier alpha value is -0.810. The van der Waals surface area contributed by atoms with Crippen molar-refractivity contribution in [2.24, 2.45) is 0 Å². The van der Waals surface area contributed by atoms with Crippen molar-refractivity contribution < 1.29 is 14.6 Å². The third-order valence-electron chi connectivity index (χ3n) is 2.88. The molecule has 0 radical (unpaired) electrons. The largest absolute Gasteiger partial charge is 0.504 e. The highest BCUT2D eigenvalue weighted by Crippen LogP contribution is 2.37. The second kappa shape index (κ2) is 4.59. The molecule has 1 saturated heterocycles. The molecule has 16 heavy (non-hydrogen) atoms. The van der Waals surface area contributed by atoms with E-state index in [1.807, 2.05) is 0 Å². The number of nitrogens with one attached hydrogen (secondary N) is 1. The Labute approximate surface area is 101 Å². The van der Waals surface area contributed by atoms with Crippen molar-refractivity contribution in [1.29, 1.82) is 0 Å². The lowest BCUT2D eigenvalue weighted by molar-refractivity contribution is 0.372. The van der Waals surface area contributed by atoms with Gasteiger partial charge in [0.2, 0.25) is 0 Å². The average Bonchev–Trinajstić information content (AvgIpc) is 2.76. The van der Waals surface area contributed by atoms with Gasteiger partial charge in [-0.25, -0.2) is 4.39 Å². The highest BCUT2D eigenvalue weighted by molar-refractivity contribution is 9.10. The lowest BCUT2D eigenvalue weighted by Gasteiger charge is -2.13. The number of phenols is 2. The molecule has 1 atom stereocenters. The molecule has 1 aromatic rings. The van der Waals surface area contributed by atoms with Crippen molar-refractivity contribution in [3.8, 4) is 11.5 Å². The molecule has 0 amide bonds. The maximum absolute atomic E-state index is 13.2. The number of benzene rings is 1. The number of hydrogen-bond acceptors (Lipinski definition) is 3. The SMILES string of the molecule is Oc1c(CC2CCCN2)cc(Br)c(F)c1O. The van der Waals surface area contributed by atoms with E-state index < -0.39 is 11.6 Å². The van der Waals surface area contributed by atoms with Crippen molar-refractivity contribution in [3.05, 3.63) is 21.9 Å². The van der Waals surface area contributed by atoms with Crippen molar-refractivity contribution in [2.75, 3.05) is 6.54 Å². The van der Waals surface area contributed by atoms with E-state index in [9.17, 15) is 14.6 Å². The van der Waals surface area contributed by atoms with Gasteiger partial charge in [0.05, 0.1) is 4.47 Å². The summed E-state index contributed by atoms with van der Waals surface area (Å²) in [6, 6.07) is 1.81. The van der Waals surface area contributed by atoms with Gasteiger partial charge in [-0.15, -0.1) is 0 Å². The summed E-state index contributed by atoms with van der Waals surface area (Å²) in [4.78, 5) is 0. The Balaban J connectivity index is 2.26. The van der Waals surface area contributed by atoms with E-state index in [4.69, 9.17) is 0 Å². The van der Waals surface area contributed by atoms with Gasteiger partial charge in [-0.3, -0.25) is 0 Å². The van der Waals surface area contributed by atoms with Crippen LogP contribution < -0.4 is 5.32 Å². The fraction of sp³-hybridized carbons (Fsp3) is 0.455. The molecular weight excluding hydrogens is 277 g/mol. The van der Waals surface area contributed by atoms with Crippen LogP contribution >= 0.6 is 15.9 Å². The molecule has 88 valence electrons. The molecule has 2 rings (SSSR count). The van der Waals surface area contributed by atoms with Crippen molar-refractivity contribution >= 4 is 15.9 Å². The molecule has 1 unspecified atom stereocenters. The van der Waals surface area contributed by atoms with Gasteiger partial charge in [-0.05, 0) is 47.8 Å². The molecule has 0 spiro atoms. The molecule has 1 heterocycles. The molecule has 0 saturated carbocycles. The third-order valence-corrected chi connectivity index (χ3v) is 3.45. The molecule has 0 aliphatic carbocycles. The molecule has 0 bridgehead atoms. The van der Waals surface area contributed by atoms with Gasteiger partial charge < -0.3 is 15.5 Å². The van der Waals surface area contributed by atoms with Gasteiger partial charge in [-0.2, -0.15) is 0 Å². The van der Waals surface area contributed by atoms with Crippen LogP contribution in [0.25, 0.3) is 0 Å². The van der Waals surface area contributed by atoms with Crippen LogP contribution in [0, 0.1) is 5.82 Å². The minimum absolute atomic E-state index is 0.177. The first-order chi connectivity index (χ1) is 7.59. The van der Waals surface area contributed by atoms with Gasteiger partial charge in [0, 0.05) is 11.6 Å². The van der Waals surface area contributed by atoms with Crippen LogP contribution in [0.5, 0.6) is 11.5 Å². The number of rotatable bonds is 2. The normalized spacial score (nSPS) is 20.2. The summed E-state index contributed by atoms with van der Waals surface area (Å²) in [5.41, 5.74) is 0.560. The Morgan fingerprint density at radius 2 is 2.19 bits per heavy atom. The molecule has 0 aromatic heterocycles. The zero-order valence-corrected chi connectivity index (χ0v) is 10.2. The second-order valence-corrected chi connectivity index (χ2v) is 4.88. The molecule has 1 fully saturated rings. The lowest BCUT2D eigenvalue weighted by Crippen LogP contribution is -2.23. The highest BCUT2D eigenvalue weighted by atomic mass is 79.9. The Bertz CT molecular complexity index is 405. The smallest absolute Gasteiger partial charge is 0.195 e. The standard InChI is InChI=1S/C11H13BrFNO2/c12-8-5-6(4-7-2-1-3-14-7)10(15)11(16)9(8)13/h5,7,14-16H,1-4H2. The van der Waals surface area contributed by atoms with E-state index in [0.717, 1.165) is 19.4 Å². The Kier molecular flexibility index (Phi) is 3.35. The average molecular weight is 290 g/mol. The first kappa shape index (κ1) is 11.7. The van der Waals surface area contributed by atoms with Gasteiger partial charge in [0.15, 0.2) is 17.3 Å². The maximum Gasteiger partial charge on any atom is 0.195 e. The van der Waals surface area contributed by atoms with E-state index in [1.165, 1.54) is 6.07 Å². The van der Waals surface area contributed by atoms with E-state index in [2.05, 4.69) is 21.2 Å². The Morgan fingerprint density at radius 1 is 1.44 bits per heavy atom. The monoisotopic (exact) mass is 289 g/mol. The zero-order valence-electron chi connectivity index (χ0n) is 8.63. The minimum Gasteiger partial charge on any atom is -0.504 e. The predicted molar refractivity (Wildman–Crippen MR) is 62.2 cm³/mol. The molecule has 1 aromatic carbocycles. The van der Waals surface area contributed by atoms with E-state index >= 15 is 0 Å². The molecular formula is C11H13BrFNO2.